The van der Waals surface area contributed by atoms with Crippen molar-refractivity contribution >= 4 is 16.9 Å². The summed E-state index contributed by atoms with van der Waals surface area (Å²) in [6.07, 6.45) is 2.81. The van der Waals surface area contributed by atoms with E-state index in [4.69, 9.17) is 4.42 Å². The number of furan rings is 1. The Morgan fingerprint density at radius 2 is 1.84 bits per heavy atom. The first-order chi connectivity index (χ1) is 12.1. The van der Waals surface area contributed by atoms with Gasteiger partial charge in [0, 0.05) is 39.6 Å². The number of aromatic nitrogens is 4. The predicted octanol–water partition coefficient (Wildman–Crippen LogP) is 2.15. The summed E-state index contributed by atoms with van der Waals surface area (Å²) in [6.45, 7) is 8.81. The van der Waals surface area contributed by atoms with Crippen molar-refractivity contribution in [2.24, 2.45) is 7.05 Å². The fourth-order valence-corrected chi connectivity index (χ4v) is 3.39. The predicted molar refractivity (Wildman–Crippen MR) is 96.6 cm³/mol. The summed E-state index contributed by atoms with van der Waals surface area (Å²) in [4.78, 5) is 14.0. The van der Waals surface area contributed by atoms with Crippen LogP contribution in [0.1, 0.15) is 24.3 Å². The molecule has 4 rings (SSSR count). The van der Waals surface area contributed by atoms with E-state index >= 15 is 0 Å². The summed E-state index contributed by atoms with van der Waals surface area (Å²) in [5.41, 5.74) is 0.896. The number of aryl methyl sites for hydroxylation is 3. The highest BCUT2D eigenvalue weighted by Gasteiger charge is 2.22. The molecule has 1 saturated heterocycles. The average Bonchev–Trinajstić information content (AvgIpc) is 3.22. The quantitative estimate of drug-likeness (QED) is 0.725. The lowest BCUT2D eigenvalue weighted by Gasteiger charge is -2.35. The average molecular weight is 340 g/mol. The molecule has 3 aromatic rings. The summed E-state index contributed by atoms with van der Waals surface area (Å²) >= 11 is 0. The van der Waals surface area contributed by atoms with Gasteiger partial charge in [-0.1, -0.05) is 6.92 Å². The Bertz CT molecular complexity index is 875. The molecule has 1 aliphatic heterocycles. The second kappa shape index (κ2) is 6.48. The smallest absolute Gasteiger partial charge is 0.163 e. The van der Waals surface area contributed by atoms with Crippen molar-refractivity contribution < 1.29 is 4.42 Å². The molecule has 0 spiro atoms. The number of nitrogens with zero attached hydrogens (tertiary/aromatic N) is 6. The highest BCUT2D eigenvalue weighted by Crippen LogP contribution is 2.24. The van der Waals surface area contributed by atoms with Gasteiger partial charge in [0.2, 0.25) is 0 Å². The van der Waals surface area contributed by atoms with Gasteiger partial charge in [-0.05, 0) is 19.1 Å². The molecule has 0 saturated carbocycles. The monoisotopic (exact) mass is 340 g/mol. The standard InChI is InChI=1S/C18H24N6O/c1-4-14-5-6-15(25-14)12-23-7-9-24(10-8-23)18-16-11-19-22(3)17(16)20-13(2)21-18/h5-6,11H,4,7-10,12H2,1-3H3. The molecule has 0 unspecified atom stereocenters. The number of hydrogen-bond donors (Lipinski definition) is 0. The molecule has 0 atom stereocenters. The van der Waals surface area contributed by atoms with Crippen molar-refractivity contribution in [3.8, 4) is 0 Å². The van der Waals surface area contributed by atoms with Crippen LogP contribution in [0, 0.1) is 6.92 Å². The molecule has 0 aliphatic carbocycles. The first kappa shape index (κ1) is 16.1. The van der Waals surface area contributed by atoms with Gasteiger partial charge in [-0.2, -0.15) is 5.10 Å². The van der Waals surface area contributed by atoms with Gasteiger partial charge >= 0.3 is 0 Å². The Balaban J connectivity index is 1.47. The molecule has 7 heteroatoms. The van der Waals surface area contributed by atoms with E-state index in [0.717, 1.165) is 73.3 Å². The van der Waals surface area contributed by atoms with Crippen LogP contribution >= 0.6 is 0 Å². The van der Waals surface area contributed by atoms with Gasteiger partial charge in [0.25, 0.3) is 0 Å². The van der Waals surface area contributed by atoms with Gasteiger partial charge in [0.15, 0.2) is 5.65 Å². The van der Waals surface area contributed by atoms with E-state index in [9.17, 15) is 0 Å². The Morgan fingerprint density at radius 1 is 1.08 bits per heavy atom. The van der Waals surface area contributed by atoms with Crippen LogP contribution in [0.3, 0.4) is 0 Å². The van der Waals surface area contributed by atoms with E-state index in [1.807, 2.05) is 24.9 Å². The summed E-state index contributed by atoms with van der Waals surface area (Å²) in [7, 11) is 1.92. The van der Waals surface area contributed by atoms with Crippen molar-refractivity contribution in [1.29, 1.82) is 0 Å². The van der Waals surface area contributed by atoms with E-state index in [1.165, 1.54) is 0 Å². The Hall–Kier alpha value is -2.41. The fraction of sp³-hybridized carbons (Fsp3) is 0.500. The third kappa shape index (κ3) is 3.11. The van der Waals surface area contributed by atoms with Crippen LogP contribution < -0.4 is 4.90 Å². The summed E-state index contributed by atoms with van der Waals surface area (Å²) < 4.78 is 7.65. The van der Waals surface area contributed by atoms with E-state index in [0.29, 0.717) is 0 Å². The van der Waals surface area contributed by atoms with Crippen LogP contribution in [-0.4, -0.2) is 50.8 Å². The highest BCUT2D eigenvalue weighted by molar-refractivity contribution is 5.87. The SMILES string of the molecule is CCc1ccc(CN2CCN(c3nc(C)nc4c3cnn4C)CC2)o1. The molecule has 0 N–H and O–H groups in total. The Kier molecular flexibility index (Phi) is 4.17. The van der Waals surface area contributed by atoms with Gasteiger partial charge in [0.1, 0.15) is 23.2 Å². The van der Waals surface area contributed by atoms with Gasteiger partial charge < -0.3 is 9.32 Å². The summed E-state index contributed by atoms with van der Waals surface area (Å²) in [5.74, 6) is 3.90. The third-order valence-corrected chi connectivity index (χ3v) is 4.80. The molecule has 0 bridgehead atoms. The first-order valence-electron chi connectivity index (χ1n) is 8.85. The maximum atomic E-state index is 5.84. The normalized spacial score (nSPS) is 16.0. The minimum absolute atomic E-state index is 0.788. The van der Waals surface area contributed by atoms with Crippen molar-refractivity contribution in [3.05, 3.63) is 35.7 Å². The largest absolute Gasteiger partial charge is 0.465 e. The zero-order valence-corrected chi connectivity index (χ0v) is 15.1. The molecule has 0 radical (unpaired) electrons. The molecule has 0 amide bonds. The molecular weight excluding hydrogens is 316 g/mol. The van der Waals surface area contributed by atoms with E-state index < -0.39 is 0 Å². The van der Waals surface area contributed by atoms with Gasteiger partial charge in [-0.25, -0.2) is 9.97 Å². The van der Waals surface area contributed by atoms with Gasteiger partial charge in [0.05, 0.1) is 18.1 Å². The Morgan fingerprint density at radius 3 is 2.56 bits per heavy atom. The summed E-state index contributed by atoms with van der Waals surface area (Å²) in [6, 6.07) is 4.17. The van der Waals surface area contributed by atoms with Crippen molar-refractivity contribution in [3.63, 3.8) is 0 Å². The molecule has 4 heterocycles. The molecular formula is C18H24N6O. The first-order valence-corrected chi connectivity index (χ1v) is 8.85. The molecule has 25 heavy (non-hydrogen) atoms. The maximum absolute atomic E-state index is 5.84. The number of fused-ring (bicyclic) bond motifs is 1. The van der Waals surface area contributed by atoms with Gasteiger partial charge in [-0.3, -0.25) is 9.58 Å². The molecule has 132 valence electrons. The molecule has 3 aromatic heterocycles. The van der Waals surface area contributed by atoms with Crippen LogP contribution in [0.5, 0.6) is 0 Å². The van der Waals surface area contributed by atoms with Crippen LogP contribution in [0.25, 0.3) is 11.0 Å². The minimum atomic E-state index is 0.788. The van der Waals surface area contributed by atoms with Crippen molar-refractivity contribution in [2.45, 2.75) is 26.8 Å². The topological polar surface area (TPSA) is 63.2 Å². The molecule has 0 aromatic carbocycles. The molecule has 7 nitrogen and oxygen atoms in total. The van der Waals surface area contributed by atoms with E-state index in [-0.39, 0.29) is 0 Å². The van der Waals surface area contributed by atoms with Crippen molar-refractivity contribution in [2.75, 3.05) is 31.1 Å². The highest BCUT2D eigenvalue weighted by atomic mass is 16.3. The third-order valence-electron chi connectivity index (χ3n) is 4.80. The zero-order valence-electron chi connectivity index (χ0n) is 15.1. The zero-order chi connectivity index (χ0) is 17.4. The number of hydrogen-bond acceptors (Lipinski definition) is 6. The minimum Gasteiger partial charge on any atom is -0.465 e. The number of rotatable bonds is 4. The lowest BCUT2D eigenvalue weighted by atomic mass is 10.2. The molecule has 1 fully saturated rings. The maximum Gasteiger partial charge on any atom is 0.163 e. The van der Waals surface area contributed by atoms with Crippen LogP contribution in [0.2, 0.25) is 0 Å². The Labute approximate surface area is 147 Å². The number of piperazine rings is 1. The number of anilines is 1. The lowest BCUT2D eigenvalue weighted by Crippen LogP contribution is -2.46. The van der Waals surface area contributed by atoms with Crippen LogP contribution in [0.4, 0.5) is 5.82 Å². The van der Waals surface area contributed by atoms with E-state index in [1.54, 1.807) is 0 Å². The second-order valence-corrected chi connectivity index (χ2v) is 6.58. The van der Waals surface area contributed by atoms with Crippen molar-refractivity contribution in [1.82, 2.24) is 24.6 Å². The lowest BCUT2D eigenvalue weighted by molar-refractivity contribution is 0.228. The summed E-state index contributed by atoms with van der Waals surface area (Å²) in [5, 5.41) is 5.37. The van der Waals surface area contributed by atoms with Crippen LogP contribution in [-0.2, 0) is 20.0 Å². The second-order valence-electron chi connectivity index (χ2n) is 6.58. The van der Waals surface area contributed by atoms with Crippen LogP contribution in [0.15, 0.2) is 22.7 Å². The fourth-order valence-electron chi connectivity index (χ4n) is 3.39. The van der Waals surface area contributed by atoms with E-state index in [2.05, 4.69) is 43.9 Å². The molecule has 1 aliphatic rings. The van der Waals surface area contributed by atoms with Gasteiger partial charge in [-0.15, -0.1) is 0 Å².